The number of aliphatic hydroxyl groups is 1. The molecule has 0 spiro atoms. The molecule has 46 heavy (non-hydrogen) atoms. The number of rotatable bonds is 12. The molecule has 5 rings (SSSR count). The van der Waals surface area contributed by atoms with Crippen LogP contribution in [-0.4, -0.2) is 70.7 Å². The van der Waals surface area contributed by atoms with E-state index in [0.717, 1.165) is 48.6 Å². The lowest BCUT2D eigenvalue weighted by atomic mass is 9.90. The quantitative estimate of drug-likeness (QED) is 0.186. The fourth-order valence-corrected chi connectivity index (χ4v) is 5.94. The molecule has 0 bridgehead atoms. The zero-order chi connectivity index (χ0) is 32.6. The van der Waals surface area contributed by atoms with E-state index in [9.17, 15) is 24.8 Å². The number of amides is 1. The molecule has 4 atom stereocenters. The lowest BCUT2D eigenvalue weighted by Crippen LogP contribution is -2.51. The van der Waals surface area contributed by atoms with Gasteiger partial charge in [0.25, 0.3) is 5.69 Å². The number of nitrogens with zero attached hydrogens (tertiary/aromatic N) is 3. The normalized spacial score (nSPS) is 21.9. The van der Waals surface area contributed by atoms with Crippen molar-refractivity contribution in [2.24, 2.45) is 5.92 Å². The number of anilines is 2. The Morgan fingerprint density at radius 2 is 1.67 bits per heavy atom. The van der Waals surface area contributed by atoms with Crippen molar-refractivity contribution in [3.63, 3.8) is 0 Å². The number of carbonyl (C=O) groups excluding carboxylic acids is 1. The number of aliphatic carboxylic acids is 1. The predicted octanol–water partition coefficient (Wildman–Crippen LogP) is 4.89. The van der Waals surface area contributed by atoms with Gasteiger partial charge in [-0.15, -0.1) is 0 Å². The predicted molar refractivity (Wildman–Crippen MR) is 171 cm³/mol. The molecular weight excluding hydrogens is 592 g/mol. The minimum absolute atomic E-state index is 0.000972. The first-order chi connectivity index (χ1) is 22.2. The fourth-order valence-electron chi connectivity index (χ4n) is 5.94. The molecule has 2 aliphatic rings. The molecule has 12 heteroatoms. The van der Waals surface area contributed by atoms with E-state index >= 15 is 0 Å². The maximum absolute atomic E-state index is 12.4. The lowest BCUT2D eigenvalue weighted by molar-refractivity contribution is -0.384. The maximum atomic E-state index is 12.4. The summed E-state index contributed by atoms with van der Waals surface area (Å²) in [4.78, 5) is 38.5. The van der Waals surface area contributed by atoms with Crippen LogP contribution in [0.1, 0.15) is 55.3 Å². The number of ether oxygens (including phenoxy) is 2. The van der Waals surface area contributed by atoms with Crippen LogP contribution in [0.5, 0.6) is 0 Å². The molecule has 244 valence electrons. The van der Waals surface area contributed by atoms with Crippen LogP contribution in [0, 0.1) is 16.0 Å². The van der Waals surface area contributed by atoms with E-state index in [1.54, 1.807) is 18.2 Å². The van der Waals surface area contributed by atoms with E-state index in [4.69, 9.17) is 14.6 Å². The van der Waals surface area contributed by atoms with Crippen LogP contribution < -0.4 is 10.2 Å². The number of nitrogens with one attached hydrogen (secondary N) is 1. The molecule has 2 heterocycles. The van der Waals surface area contributed by atoms with Crippen LogP contribution >= 0.6 is 0 Å². The number of hydrogen-bond donors (Lipinski definition) is 3. The van der Waals surface area contributed by atoms with Gasteiger partial charge in [-0.3, -0.25) is 24.6 Å². The third kappa shape index (κ3) is 8.46. The van der Waals surface area contributed by atoms with Crippen molar-refractivity contribution in [2.45, 2.75) is 51.3 Å². The summed E-state index contributed by atoms with van der Waals surface area (Å²) in [5.74, 6) is -1.19. The Morgan fingerprint density at radius 1 is 0.957 bits per heavy atom. The second kappa shape index (κ2) is 15.3. The standard InChI is InChI=1S/C34H40N4O8/c1-23-30(21-36-16-18-37(19-17-36)28-12-14-29(15-13-28)38(43)44)45-34(46-33(23)25-10-8-24(22-39)9-11-25)26-4-2-5-27(20-26)35-31(40)6-3-7-32(41)42/h2,4-5,8-15,20,23,30,33-34,39H,3,6-7,16-19,21-22H2,1H3,(H,35,40)(H,41,42)/t23-,30+,33+,34+/m0/s1. The molecule has 0 aromatic heterocycles. The van der Waals surface area contributed by atoms with Gasteiger partial charge < -0.3 is 29.9 Å². The second-order valence-corrected chi connectivity index (χ2v) is 11.8. The summed E-state index contributed by atoms with van der Waals surface area (Å²) >= 11 is 0. The third-order valence-electron chi connectivity index (χ3n) is 8.60. The van der Waals surface area contributed by atoms with Gasteiger partial charge in [0, 0.05) is 80.6 Å². The second-order valence-electron chi connectivity index (χ2n) is 11.8. The number of piperazine rings is 1. The summed E-state index contributed by atoms with van der Waals surface area (Å²) in [5.41, 5.74) is 4.16. The van der Waals surface area contributed by atoms with Crippen LogP contribution in [0.4, 0.5) is 17.1 Å². The number of hydrogen-bond acceptors (Lipinski definition) is 9. The summed E-state index contributed by atoms with van der Waals surface area (Å²) in [6, 6.07) is 21.7. The number of nitro benzene ring substituents is 1. The fraction of sp³-hybridized carbons (Fsp3) is 0.412. The van der Waals surface area contributed by atoms with Crippen molar-refractivity contribution in [3.8, 4) is 0 Å². The van der Waals surface area contributed by atoms with E-state index in [-0.39, 0.29) is 55.6 Å². The number of carboxylic acids is 1. The van der Waals surface area contributed by atoms with Crippen LogP contribution in [0.2, 0.25) is 0 Å². The smallest absolute Gasteiger partial charge is 0.303 e. The Balaban J connectivity index is 1.28. The number of carbonyl (C=O) groups is 2. The maximum Gasteiger partial charge on any atom is 0.303 e. The molecule has 3 aromatic rings. The molecule has 0 unspecified atom stereocenters. The number of nitro groups is 1. The van der Waals surface area contributed by atoms with Gasteiger partial charge in [0.2, 0.25) is 5.91 Å². The van der Waals surface area contributed by atoms with Gasteiger partial charge >= 0.3 is 5.97 Å². The zero-order valence-electron chi connectivity index (χ0n) is 25.8. The van der Waals surface area contributed by atoms with Crippen molar-refractivity contribution in [1.82, 2.24) is 4.90 Å². The highest BCUT2D eigenvalue weighted by Crippen LogP contribution is 2.42. The van der Waals surface area contributed by atoms with E-state index in [1.807, 2.05) is 42.5 Å². The highest BCUT2D eigenvalue weighted by Gasteiger charge is 2.39. The van der Waals surface area contributed by atoms with Crippen molar-refractivity contribution in [2.75, 3.05) is 42.9 Å². The molecule has 12 nitrogen and oxygen atoms in total. The third-order valence-corrected chi connectivity index (χ3v) is 8.60. The van der Waals surface area contributed by atoms with Gasteiger partial charge in [0.15, 0.2) is 6.29 Å². The van der Waals surface area contributed by atoms with Crippen molar-refractivity contribution < 1.29 is 34.2 Å². The molecule has 0 radical (unpaired) electrons. The average Bonchev–Trinajstić information content (AvgIpc) is 3.06. The van der Waals surface area contributed by atoms with Gasteiger partial charge in [0.1, 0.15) is 0 Å². The van der Waals surface area contributed by atoms with Crippen molar-refractivity contribution in [1.29, 1.82) is 0 Å². The van der Waals surface area contributed by atoms with Crippen LogP contribution in [0.25, 0.3) is 0 Å². The molecule has 3 N–H and O–H groups in total. The molecule has 0 aliphatic carbocycles. The molecule has 1 amide bonds. The molecule has 2 fully saturated rings. The highest BCUT2D eigenvalue weighted by atomic mass is 16.7. The first-order valence-electron chi connectivity index (χ1n) is 15.5. The summed E-state index contributed by atoms with van der Waals surface area (Å²) in [6.07, 6.45) is -0.865. The first kappa shape index (κ1) is 33.0. The van der Waals surface area contributed by atoms with Crippen molar-refractivity contribution >= 4 is 28.9 Å². The van der Waals surface area contributed by atoms with Gasteiger partial charge in [-0.25, -0.2) is 0 Å². The summed E-state index contributed by atoms with van der Waals surface area (Å²) < 4.78 is 13.2. The summed E-state index contributed by atoms with van der Waals surface area (Å²) in [6.45, 7) is 5.91. The van der Waals surface area contributed by atoms with E-state index in [0.29, 0.717) is 12.2 Å². The number of non-ortho nitro benzene ring substituents is 1. The molecule has 0 saturated carbocycles. The van der Waals surface area contributed by atoms with Crippen LogP contribution in [-0.2, 0) is 25.7 Å². The molecule has 3 aromatic carbocycles. The van der Waals surface area contributed by atoms with Gasteiger partial charge in [-0.1, -0.05) is 43.3 Å². The van der Waals surface area contributed by atoms with E-state index in [1.165, 1.54) is 12.1 Å². The minimum atomic E-state index is -0.933. The summed E-state index contributed by atoms with van der Waals surface area (Å²) in [7, 11) is 0. The lowest BCUT2D eigenvalue weighted by Gasteiger charge is -2.44. The first-order valence-corrected chi connectivity index (χ1v) is 15.5. The molecule has 2 saturated heterocycles. The monoisotopic (exact) mass is 632 g/mol. The minimum Gasteiger partial charge on any atom is -0.481 e. The van der Waals surface area contributed by atoms with E-state index < -0.39 is 17.2 Å². The number of benzene rings is 3. The van der Waals surface area contributed by atoms with Gasteiger partial charge in [-0.05, 0) is 41.8 Å². The number of aliphatic hydroxyl groups excluding tert-OH is 1. The largest absolute Gasteiger partial charge is 0.481 e. The zero-order valence-corrected chi connectivity index (χ0v) is 25.8. The molecule has 2 aliphatic heterocycles. The Kier molecular flexibility index (Phi) is 11.0. The Bertz CT molecular complexity index is 1490. The Hall–Kier alpha value is -4.36. The number of carboxylic acid groups (broad SMARTS) is 1. The Morgan fingerprint density at radius 3 is 2.33 bits per heavy atom. The topological polar surface area (TPSA) is 155 Å². The highest BCUT2D eigenvalue weighted by molar-refractivity contribution is 5.90. The summed E-state index contributed by atoms with van der Waals surface area (Å²) in [5, 5.41) is 32.3. The van der Waals surface area contributed by atoms with Crippen molar-refractivity contribution in [3.05, 3.63) is 99.6 Å². The average molecular weight is 633 g/mol. The SMILES string of the molecule is C[C@H]1[C@@H](CN2CCN(c3ccc([N+](=O)[O-])cc3)CC2)O[C@@H](c2cccc(NC(=O)CCCC(=O)O)c2)O[C@H]1c1ccc(CO)cc1. The van der Waals surface area contributed by atoms with E-state index in [2.05, 4.69) is 22.0 Å². The van der Waals surface area contributed by atoms with Crippen LogP contribution in [0.3, 0.4) is 0 Å². The van der Waals surface area contributed by atoms with Gasteiger partial charge in [-0.2, -0.15) is 0 Å². The van der Waals surface area contributed by atoms with Crippen LogP contribution in [0.15, 0.2) is 72.8 Å². The Labute approximate surface area is 267 Å². The van der Waals surface area contributed by atoms with Gasteiger partial charge in [0.05, 0.1) is 23.7 Å². The molecular formula is C34H40N4O8.